The van der Waals surface area contributed by atoms with Gasteiger partial charge in [-0.3, -0.25) is 4.79 Å². The molecule has 0 saturated carbocycles. The predicted molar refractivity (Wildman–Crippen MR) is 82.5 cm³/mol. The molecule has 23 heavy (non-hydrogen) atoms. The molecule has 0 aliphatic heterocycles. The number of alkyl halides is 3. The highest BCUT2D eigenvalue weighted by Crippen LogP contribution is 2.30. The van der Waals surface area contributed by atoms with Crippen molar-refractivity contribution in [1.82, 2.24) is 4.57 Å². The zero-order valence-electron chi connectivity index (χ0n) is 12.4. The number of carbonyl (C=O) groups excluding carboxylic acids is 1. The minimum atomic E-state index is -4.40. The van der Waals surface area contributed by atoms with Gasteiger partial charge in [-0.1, -0.05) is 30.3 Å². The number of carbonyl (C=O) groups is 1. The summed E-state index contributed by atoms with van der Waals surface area (Å²) in [6, 6.07) is 11.8. The van der Waals surface area contributed by atoms with Gasteiger partial charge in [0.15, 0.2) is 5.78 Å². The molecule has 0 N–H and O–H groups in total. The Morgan fingerprint density at radius 1 is 1.04 bits per heavy atom. The van der Waals surface area contributed by atoms with Crippen LogP contribution < -0.4 is 0 Å². The summed E-state index contributed by atoms with van der Waals surface area (Å²) in [5, 5.41) is 0.805. The van der Waals surface area contributed by atoms with Crippen molar-refractivity contribution in [3.8, 4) is 0 Å². The number of para-hydroxylation sites is 1. The second kappa shape index (κ2) is 5.57. The van der Waals surface area contributed by atoms with Crippen molar-refractivity contribution in [2.24, 2.45) is 0 Å². The molecule has 0 spiro atoms. The van der Waals surface area contributed by atoms with Crippen molar-refractivity contribution in [2.45, 2.75) is 19.6 Å². The van der Waals surface area contributed by atoms with Crippen molar-refractivity contribution in [1.29, 1.82) is 0 Å². The topological polar surface area (TPSA) is 22.0 Å². The predicted octanol–water partition coefficient (Wildman–Crippen LogP) is 4.91. The number of benzene rings is 2. The molecule has 0 aliphatic carbocycles. The first-order valence-corrected chi connectivity index (χ1v) is 7.21. The summed E-state index contributed by atoms with van der Waals surface area (Å²) in [6.07, 6.45) is -2.65. The van der Waals surface area contributed by atoms with E-state index in [2.05, 4.69) is 0 Å². The first kappa shape index (κ1) is 15.3. The van der Waals surface area contributed by atoms with Crippen LogP contribution in [-0.2, 0) is 12.7 Å². The molecule has 3 aromatic rings. The molecule has 3 rings (SSSR count). The quantitative estimate of drug-likeness (QED) is 0.629. The number of aryl methyl sites for hydroxylation is 1. The maximum atomic E-state index is 12.7. The SMILES string of the molecule is CCn1cc(C(=O)c2ccc(C(F)(F)F)cc2)c2ccccc21. The molecule has 5 heteroatoms. The Morgan fingerprint density at radius 3 is 2.30 bits per heavy atom. The van der Waals surface area contributed by atoms with Crippen molar-refractivity contribution >= 4 is 16.7 Å². The molecule has 0 unspecified atom stereocenters. The summed E-state index contributed by atoms with van der Waals surface area (Å²) in [5.74, 6) is -0.276. The molecule has 1 aromatic heterocycles. The highest BCUT2D eigenvalue weighted by atomic mass is 19.4. The summed E-state index contributed by atoms with van der Waals surface area (Å²) in [7, 11) is 0. The molecule has 0 atom stereocenters. The summed E-state index contributed by atoms with van der Waals surface area (Å²) in [5.41, 5.74) is 0.925. The third-order valence-electron chi connectivity index (χ3n) is 3.85. The van der Waals surface area contributed by atoms with Crippen molar-refractivity contribution < 1.29 is 18.0 Å². The Hall–Kier alpha value is -2.56. The molecule has 118 valence electrons. The lowest BCUT2D eigenvalue weighted by Crippen LogP contribution is -2.06. The average molecular weight is 317 g/mol. The number of hydrogen-bond acceptors (Lipinski definition) is 1. The number of fused-ring (bicyclic) bond motifs is 1. The number of hydrogen-bond donors (Lipinski definition) is 0. The highest BCUT2D eigenvalue weighted by Gasteiger charge is 2.30. The van der Waals surface area contributed by atoms with Crippen LogP contribution in [0.1, 0.15) is 28.4 Å². The Labute approximate surface area is 131 Å². The van der Waals surface area contributed by atoms with E-state index in [9.17, 15) is 18.0 Å². The normalized spacial score (nSPS) is 11.8. The fraction of sp³-hybridized carbons (Fsp3) is 0.167. The summed E-state index contributed by atoms with van der Waals surface area (Å²) >= 11 is 0. The van der Waals surface area contributed by atoms with E-state index in [-0.39, 0.29) is 11.3 Å². The summed E-state index contributed by atoms with van der Waals surface area (Å²) < 4.78 is 39.8. The van der Waals surface area contributed by atoms with Gasteiger partial charge in [-0.25, -0.2) is 0 Å². The van der Waals surface area contributed by atoms with Gasteiger partial charge in [0.2, 0.25) is 0 Å². The smallest absolute Gasteiger partial charge is 0.347 e. The number of aromatic nitrogens is 1. The standard InChI is InChI=1S/C18H14F3NO/c1-2-22-11-15(14-5-3-4-6-16(14)22)17(23)12-7-9-13(10-8-12)18(19,20)21/h3-11H,2H2,1H3. The van der Waals surface area contributed by atoms with Crippen LogP contribution in [0.25, 0.3) is 10.9 Å². The number of nitrogens with zero attached hydrogens (tertiary/aromatic N) is 1. The van der Waals surface area contributed by atoms with E-state index >= 15 is 0 Å². The zero-order chi connectivity index (χ0) is 16.6. The van der Waals surface area contributed by atoms with Gasteiger partial charge in [0.05, 0.1) is 5.56 Å². The third-order valence-corrected chi connectivity index (χ3v) is 3.85. The largest absolute Gasteiger partial charge is 0.416 e. The first-order chi connectivity index (χ1) is 10.9. The van der Waals surface area contributed by atoms with Gasteiger partial charge in [0, 0.05) is 34.8 Å². The van der Waals surface area contributed by atoms with Gasteiger partial charge < -0.3 is 4.57 Å². The van der Waals surface area contributed by atoms with Crippen LogP contribution >= 0.6 is 0 Å². The molecule has 0 aliphatic rings. The lowest BCUT2D eigenvalue weighted by molar-refractivity contribution is -0.137. The molecule has 2 nitrogen and oxygen atoms in total. The highest BCUT2D eigenvalue weighted by molar-refractivity contribution is 6.16. The van der Waals surface area contributed by atoms with E-state index in [1.165, 1.54) is 12.1 Å². The lowest BCUT2D eigenvalue weighted by atomic mass is 10.0. The molecule has 0 radical (unpaired) electrons. The van der Waals surface area contributed by atoms with Crippen LogP contribution in [0, 0.1) is 0 Å². The number of rotatable bonds is 3. The maximum absolute atomic E-state index is 12.7. The van der Waals surface area contributed by atoms with Crippen molar-refractivity contribution in [3.05, 3.63) is 71.4 Å². The minimum Gasteiger partial charge on any atom is -0.347 e. The van der Waals surface area contributed by atoms with E-state index in [1.807, 2.05) is 35.8 Å². The van der Waals surface area contributed by atoms with E-state index < -0.39 is 11.7 Å². The van der Waals surface area contributed by atoms with Crippen LogP contribution in [0.15, 0.2) is 54.7 Å². The molecular formula is C18H14F3NO. The van der Waals surface area contributed by atoms with Crippen LogP contribution in [0.5, 0.6) is 0 Å². The number of halogens is 3. The molecular weight excluding hydrogens is 303 g/mol. The Balaban J connectivity index is 2.04. The van der Waals surface area contributed by atoms with Gasteiger partial charge in [-0.05, 0) is 25.1 Å². The molecule has 2 aromatic carbocycles. The maximum Gasteiger partial charge on any atom is 0.416 e. The van der Waals surface area contributed by atoms with Gasteiger partial charge in [-0.2, -0.15) is 13.2 Å². The molecule has 0 bridgehead atoms. The molecule has 0 amide bonds. The van der Waals surface area contributed by atoms with E-state index in [0.717, 1.165) is 23.0 Å². The second-order valence-electron chi connectivity index (χ2n) is 5.25. The first-order valence-electron chi connectivity index (χ1n) is 7.21. The van der Waals surface area contributed by atoms with Crippen LogP contribution in [0.3, 0.4) is 0 Å². The second-order valence-corrected chi connectivity index (χ2v) is 5.25. The minimum absolute atomic E-state index is 0.247. The van der Waals surface area contributed by atoms with Gasteiger partial charge in [0.1, 0.15) is 0 Å². The molecule has 1 heterocycles. The van der Waals surface area contributed by atoms with E-state index in [0.29, 0.717) is 12.1 Å². The van der Waals surface area contributed by atoms with Gasteiger partial charge in [-0.15, -0.1) is 0 Å². The van der Waals surface area contributed by atoms with Crippen molar-refractivity contribution in [2.75, 3.05) is 0 Å². The van der Waals surface area contributed by atoms with Crippen LogP contribution in [0.4, 0.5) is 13.2 Å². The van der Waals surface area contributed by atoms with E-state index in [1.54, 1.807) is 6.20 Å². The average Bonchev–Trinajstić information content (AvgIpc) is 2.92. The van der Waals surface area contributed by atoms with Crippen LogP contribution in [0.2, 0.25) is 0 Å². The Kier molecular flexibility index (Phi) is 3.72. The summed E-state index contributed by atoms with van der Waals surface area (Å²) in [4.78, 5) is 12.7. The van der Waals surface area contributed by atoms with E-state index in [4.69, 9.17) is 0 Å². The van der Waals surface area contributed by atoms with Crippen molar-refractivity contribution in [3.63, 3.8) is 0 Å². The fourth-order valence-corrected chi connectivity index (χ4v) is 2.66. The van der Waals surface area contributed by atoms with Gasteiger partial charge >= 0.3 is 6.18 Å². The van der Waals surface area contributed by atoms with Crippen LogP contribution in [-0.4, -0.2) is 10.4 Å². The Bertz CT molecular complexity index is 860. The molecule has 0 saturated heterocycles. The lowest BCUT2D eigenvalue weighted by Gasteiger charge is -2.07. The summed E-state index contributed by atoms with van der Waals surface area (Å²) in [6.45, 7) is 2.68. The monoisotopic (exact) mass is 317 g/mol. The zero-order valence-corrected chi connectivity index (χ0v) is 12.4. The fourth-order valence-electron chi connectivity index (χ4n) is 2.66. The van der Waals surface area contributed by atoms with Gasteiger partial charge in [0.25, 0.3) is 0 Å². The molecule has 0 fully saturated rings. The Morgan fingerprint density at radius 2 is 1.70 bits per heavy atom. The number of ketones is 1. The third kappa shape index (κ3) is 2.74.